The number of ether oxygens (including phenoxy) is 2. The van der Waals surface area contributed by atoms with Crippen molar-refractivity contribution in [1.82, 2.24) is 0 Å². The van der Waals surface area contributed by atoms with E-state index in [4.69, 9.17) is 9.47 Å². The highest BCUT2D eigenvalue weighted by Gasteiger charge is 2.48. The molecule has 1 heterocycles. The zero-order valence-corrected chi connectivity index (χ0v) is 8.42. The highest BCUT2D eigenvalue weighted by atomic mass is 79.9. The van der Waals surface area contributed by atoms with Crippen LogP contribution in [0.1, 0.15) is 13.8 Å². The van der Waals surface area contributed by atoms with Crippen molar-refractivity contribution >= 4 is 21.7 Å². The highest BCUT2D eigenvalue weighted by Crippen LogP contribution is 2.36. The Bertz CT molecular complexity index is 269. The first kappa shape index (κ1) is 8.41. The molecular formula is C8H9BrO3. The van der Waals surface area contributed by atoms with Crippen LogP contribution in [0.4, 0.5) is 0 Å². The summed E-state index contributed by atoms with van der Waals surface area (Å²) in [5, 5.41) is 0. The van der Waals surface area contributed by atoms with E-state index < -0.39 is 11.9 Å². The molecule has 2 rings (SSSR count). The van der Waals surface area contributed by atoms with E-state index in [1.807, 2.05) is 0 Å². The monoisotopic (exact) mass is 232 g/mol. The lowest BCUT2D eigenvalue weighted by atomic mass is 10.2. The van der Waals surface area contributed by atoms with E-state index in [0.29, 0.717) is 4.48 Å². The molecule has 1 saturated heterocycles. The summed E-state index contributed by atoms with van der Waals surface area (Å²) in [6, 6.07) is 0. The molecule has 0 bridgehead atoms. The van der Waals surface area contributed by atoms with Gasteiger partial charge in [-0.15, -0.1) is 0 Å². The van der Waals surface area contributed by atoms with Crippen LogP contribution in [0.25, 0.3) is 0 Å². The van der Waals surface area contributed by atoms with Gasteiger partial charge >= 0.3 is 0 Å². The number of halogens is 1. The van der Waals surface area contributed by atoms with Gasteiger partial charge in [0.1, 0.15) is 6.10 Å². The lowest BCUT2D eigenvalue weighted by Gasteiger charge is -2.16. The van der Waals surface area contributed by atoms with Gasteiger partial charge in [0.05, 0.1) is 4.48 Å². The topological polar surface area (TPSA) is 35.5 Å². The summed E-state index contributed by atoms with van der Waals surface area (Å²) in [7, 11) is 0. The Morgan fingerprint density at radius 3 is 2.75 bits per heavy atom. The van der Waals surface area contributed by atoms with Gasteiger partial charge in [0, 0.05) is 0 Å². The van der Waals surface area contributed by atoms with Crippen molar-refractivity contribution in [2.45, 2.75) is 31.8 Å². The minimum Gasteiger partial charge on any atom is -0.340 e. The van der Waals surface area contributed by atoms with Gasteiger partial charge in [-0.3, -0.25) is 4.79 Å². The van der Waals surface area contributed by atoms with Crippen molar-refractivity contribution in [3.05, 3.63) is 10.6 Å². The quantitative estimate of drug-likeness (QED) is 0.633. The summed E-state index contributed by atoms with van der Waals surface area (Å²) in [5.74, 6) is -0.652. The number of carbonyl (C=O) groups excluding carboxylic acids is 1. The summed E-state index contributed by atoms with van der Waals surface area (Å²) >= 11 is 3.15. The summed E-state index contributed by atoms with van der Waals surface area (Å²) in [6.45, 7) is 3.61. The SMILES string of the molecule is CC1(C)O[C@H]2C=C(Br)C(=O)[C@H]2O1. The lowest BCUT2D eigenvalue weighted by Crippen LogP contribution is -2.25. The number of rotatable bonds is 0. The average Bonchev–Trinajstić information content (AvgIpc) is 2.33. The fourth-order valence-electron chi connectivity index (χ4n) is 1.48. The van der Waals surface area contributed by atoms with Crippen LogP contribution in [0.15, 0.2) is 10.6 Å². The number of hydrogen-bond acceptors (Lipinski definition) is 3. The minimum absolute atomic E-state index is 0.0226. The van der Waals surface area contributed by atoms with Gasteiger partial charge in [0.2, 0.25) is 5.78 Å². The van der Waals surface area contributed by atoms with E-state index in [1.165, 1.54) is 0 Å². The molecule has 3 nitrogen and oxygen atoms in total. The van der Waals surface area contributed by atoms with Gasteiger partial charge in [-0.2, -0.15) is 0 Å². The van der Waals surface area contributed by atoms with Crippen LogP contribution in [-0.4, -0.2) is 23.8 Å². The molecule has 0 unspecified atom stereocenters. The Hall–Kier alpha value is -0.190. The Morgan fingerprint density at radius 2 is 2.17 bits per heavy atom. The van der Waals surface area contributed by atoms with Crippen LogP contribution in [-0.2, 0) is 14.3 Å². The molecule has 2 aliphatic rings. The zero-order chi connectivity index (χ0) is 8.93. The van der Waals surface area contributed by atoms with Crippen molar-refractivity contribution in [3.8, 4) is 0 Å². The zero-order valence-electron chi connectivity index (χ0n) is 6.83. The predicted molar refractivity (Wildman–Crippen MR) is 45.8 cm³/mol. The molecule has 1 fully saturated rings. The van der Waals surface area contributed by atoms with Gasteiger partial charge in [-0.05, 0) is 35.9 Å². The minimum atomic E-state index is -0.630. The van der Waals surface area contributed by atoms with Crippen LogP contribution in [0, 0.1) is 0 Å². The molecule has 0 radical (unpaired) electrons. The first-order chi connectivity index (χ1) is 5.49. The third-order valence-electron chi connectivity index (χ3n) is 1.93. The second-order valence-electron chi connectivity index (χ2n) is 3.40. The van der Waals surface area contributed by atoms with Crippen molar-refractivity contribution < 1.29 is 14.3 Å². The van der Waals surface area contributed by atoms with Crippen molar-refractivity contribution in [1.29, 1.82) is 0 Å². The molecule has 2 atom stereocenters. The van der Waals surface area contributed by atoms with Gasteiger partial charge < -0.3 is 9.47 Å². The number of hydrogen-bond donors (Lipinski definition) is 0. The normalized spacial score (nSPS) is 38.2. The molecule has 0 aromatic rings. The van der Waals surface area contributed by atoms with Gasteiger partial charge in [0.15, 0.2) is 11.9 Å². The second-order valence-corrected chi connectivity index (χ2v) is 4.25. The average molecular weight is 233 g/mol. The second kappa shape index (κ2) is 2.40. The maximum Gasteiger partial charge on any atom is 0.201 e. The standard InChI is InChI=1S/C8H9BrO3/c1-8(2)11-5-3-4(9)6(10)7(5)12-8/h3,5,7H,1-2H3/t5-,7-/m0/s1. The third-order valence-corrected chi connectivity index (χ3v) is 2.59. The Kier molecular flexibility index (Phi) is 1.68. The molecule has 0 N–H and O–H groups in total. The first-order valence-electron chi connectivity index (χ1n) is 3.77. The smallest absolute Gasteiger partial charge is 0.201 e. The summed E-state index contributed by atoms with van der Waals surface area (Å²) in [5.41, 5.74) is 0. The predicted octanol–water partition coefficient (Wildman–Crippen LogP) is 1.37. The summed E-state index contributed by atoms with van der Waals surface area (Å²) in [4.78, 5) is 11.4. The molecule has 0 aromatic carbocycles. The Morgan fingerprint density at radius 1 is 1.50 bits per heavy atom. The molecule has 4 heteroatoms. The van der Waals surface area contributed by atoms with E-state index >= 15 is 0 Å². The number of fused-ring (bicyclic) bond motifs is 1. The molecule has 0 saturated carbocycles. The molecule has 0 aromatic heterocycles. The number of carbonyl (C=O) groups is 1. The van der Waals surface area contributed by atoms with E-state index in [-0.39, 0.29) is 11.9 Å². The largest absolute Gasteiger partial charge is 0.340 e. The number of Topliss-reactive ketones (excluding diaryl/α,β-unsaturated/α-hetero) is 1. The Balaban J connectivity index is 2.25. The van der Waals surface area contributed by atoms with Gasteiger partial charge in [-0.25, -0.2) is 0 Å². The van der Waals surface area contributed by atoms with Crippen LogP contribution < -0.4 is 0 Å². The molecule has 66 valence electrons. The fourth-order valence-corrected chi connectivity index (χ4v) is 1.96. The van der Waals surface area contributed by atoms with E-state index in [1.54, 1.807) is 19.9 Å². The Labute approximate surface area is 78.8 Å². The van der Waals surface area contributed by atoms with Crippen LogP contribution in [0.5, 0.6) is 0 Å². The van der Waals surface area contributed by atoms with Crippen LogP contribution in [0.2, 0.25) is 0 Å². The van der Waals surface area contributed by atoms with Crippen molar-refractivity contribution in [3.63, 3.8) is 0 Å². The molecule has 0 spiro atoms. The maximum atomic E-state index is 11.4. The highest BCUT2D eigenvalue weighted by molar-refractivity contribution is 9.12. The van der Waals surface area contributed by atoms with E-state index in [0.717, 1.165) is 0 Å². The van der Waals surface area contributed by atoms with E-state index in [2.05, 4.69) is 15.9 Å². The van der Waals surface area contributed by atoms with Gasteiger partial charge in [-0.1, -0.05) is 0 Å². The molecular weight excluding hydrogens is 224 g/mol. The van der Waals surface area contributed by atoms with E-state index in [9.17, 15) is 4.79 Å². The van der Waals surface area contributed by atoms with Crippen molar-refractivity contribution in [2.24, 2.45) is 0 Å². The fraction of sp³-hybridized carbons (Fsp3) is 0.625. The molecule has 1 aliphatic carbocycles. The number of ketones is 1. The first-order valence-corrected chi connectivity index (χ1v) is 4.56. The van der Waals surface area contributed by atoms with Crippen molar-refractivity contribution in [2.75, 3.05) is 0 Å². The van der Waals surface area contributed by atoms with Crippen LogP contribution in [0.3, 0.4) is 0 Å². The molecule has 12 heavy (non-hydrogen) atoms. The molecule has 0 amide bonds. The summed E-state index contributed by atoms with van der Waals surface area (Å²) < 4.78 is 11.4. The van der Waals surface area contributed by atoms with Gasteiger partial charge in [0.25, 0.3) is 0 Å². The third kappa shape index (κ3) is 1.14. The maximum absolute atomic E-state index is 11.4. The molecule has 1 aliphatic heterocycles. The summed E-state index contributed by atoms with van der Waals surface area (Å²) in [6.07, 6.45) is 1.11. The van der Waals surface area contributed by atoms with Crippen LogP contribution >= 0.6 is 15.9 Å². The lowest BCUT2D eigenvalue weighted by molar-refractivity contribution is -0.152.